The molecular formula is C30H31N3O4. The van der Waals surface area contributed by atoms with Crippen LogP contribution in [0.25, 0.3) is 0 Å². The van der Waals surface area contributed by atoms with E-state index in [1.807, 2.05) is 67.6 Å². The Morgan fingerprint density at radius 2 is 1.35 bits per heavy atom. The van der Waals surface area contributed by atoms with E-state index in [9.17, 15) is 19.2 Å². The van der Waals surface area contributed by atoms with Crippen LogP contribution in [0.4, 0.5) is 0 Å². The molecule has 190 valence electrons. The van der Waals surface area contributed by atoms with Gasteiger partial charge in [-0.15, -0.1) is 0 Å². The normalized spacial score (nSPS) is 13.3. The Hall–Kier alpha value is -4.26. The van der Waals surface area contributed by atoms with Gasteiger partial charge in [0.2, 0.25) is 11.8 Å². The standard InChI is InChI=1S/C30H31N3O4/c1-2-31-28(35)26(20-22-12-5-3-6-13-22)33(21-23-14-7-4-8-15-23)27(34)18-11-19-32-29(36)24-16-9-10-17-25(24)30(32)37/h3-10,12-17,26H,2,11,18-21H2,1H3,(H,31,35)/t26-/m1/s1. The molecule has 1 atom stereocenters. The van der Waals surface area contributed by atoms with Gasteiger partial charge in [0.05, 0.1) is 11.1 Å². The van der Waals surface area contributed by atoms with Gasteiger partial charge in [-0.3, -0.25) is 24.1 Å². The van der Waals surface area contributed by atoms with Gasteiger partial charge < -0.3 is 10.2 Å². The number of fused-ring (bicyclic) bond motifs is 1. The predicted octanol–water partition coefficient (Wildman–Crippen LogP) is 3.84. The van der Waals surface area contributed by atoms with Crippen LogP contribution in [-0.4, -0.2) is 52.6 Å². The van der Waals surface area contributed by atoms with Gasteiger partial charge in [0.15, 0.2) is 0 Å². The van der Waals surface area contributed by atoms with Crippen molar-refractivity contribution < 1.29 is 19.2 Å². The smallest absolute Gasteiger partial charge is 0.261 e. The lowest BCUT2D eigenvalue weighted by Crippen LogP contribution is -2.50. The van der Waals surface area contributed by atoms with Gasteiger partial charge >= 0.3 is 0 Å². The molecule has 4 rings (SSSR count). The maximum atomic E-state index is 13.6. The number of nitrogens with one attached hydrogen (secondary N) is 1. The number of likely N-dealkylation sites (N-methyl/N-ethyl adjacent to an activating group) is 1. The zero-order valence-corrected chi connectivity index (χ0v) is 20.9. The minimum Gasteiger partial charge on any atom is -0.355 e. The van der Waals surface area contributed by atoms with Crippen LogP contribution in [0, 0.1) is 0 Å². The van der Waals surface area contributed by atoms with Crippen LogP contribution in [0.1, 0.15) is 51.6 Å². The lowest BCUT2D eigenvalue weighted by atomic mass is 10.0. The van der Waals surface area contributed by atoms with E-state index in [0.29, 0.717) is 30.5 Å². The fraction of sp³-hybridized carbons (Fsp3) is 0.267. The van der Waals surface area contributed by atoms with Crippen LogP contribution >= 0.6 is 0 Å². The van der Waals surface area contributed by atoms with E-state index < -0.39 is 6.04 Å². The van der Waals surface area contributed by atoms with Gasteiger partial charge in [-0.2, -0.15) is 0 Å². The number of benzene rings is 3. The van der Waals surface area contributed by atoms with Gasteiger partial charge in [0.25, 0.3) is 11.8 Å². The molecule has 0 bridgehead atoms. The summed E-state index contributed by atoms with van der Waals surface area (Å²) in [6, 6.07) is 25.2. The SMILES string of the molecule is CCNC(=O)[C@@H](Cc1ccccc1)N(Cc1ccccc1)C(=O)CCCN1C(=O)c2ccccc2C1=O. The second kappa shape index (κ2) is 12.1. The summed E-state index contributed by atoms with van der Waals surface area (Å²) in [7, 11) is 0. The van der Waals surface area contributed by atoms with E-state index in [1.54, 1.807) is 29.2 Å². The van der Waals surface area contributed by atoms with Gasteiger partial charge in [0, 0.05) is 32.5 Å². The number of nitrogens with zero attached hydrogens (tertiary/aromatic N) is 2. The summed E-state index contributed by atoms with van der Waals surface area (Å²) >= 11 is 0. The number of imide groups is 1. The topological polar surface area (TPSA) is 86.8 Å². The molecule has 37 heavy (non-hydrogen) atoms. The van der Waals surface area contributed by atoms with Crippen molar-refractivity contribution in [3.05, 3.63) is 107 Å². The number of hydrogen-bond donors (Lipinski definition) is 1. The monoisotopic (exact) mass is 497 g/mol. The Kier molecular flexibility index (Phi) is 8.46. The van der Waals surface area contributed by atoms with Crippen LogP contribution in [0.5, 0.6) is 0 Å². The summed E-state index contributed by atoms with van der Waals surface area (Å²) < 4.78 is 0. The lowest BCUT2D eigenvalue weighted by molar-refractivity contribution is -0.141. The van der Waals surface area contributed by atoms with E-state index in [4.69, 9.17) is 0 Å². The van der Waals surface area contributed by atoms with Crippen molar-refractivity contribution in [1.29, 1.82) is 0 Å². The highest BCUT2D eigenvalue weighted by molar-refractivity contribution is 6.21. The van der Waals surface area contributed by atoms with Gasteiger partial charge in [-0.1, -0.05) is 72.8 Å². The molecule has 0 fully saturated rings. The molecule has 1 N–H and O–H groups in total. The van der Waals surface area contributed by atoms with Crippen molar-refractivity contribution in [2.24, 2.45) is 0 Å². The third kappa shape index (κ3) is 6.12. The molecule has 1 aliphatic heterocycles. The molecule has 7 heteroatoms. The highest BCUT2D eigenvalue weighted by Crippen LogP contribution is 2.23. The Bertz CT molecular complexity index is 1230. The van der Waals surface area contributed by atoms with Crippen molar-refractivity contribution in [3.63, 3.8) is 0 Å². The lowest BCUT2D eigenvalue weighted by Gasteiger charge is -2.31. The van der Waals surface area contributed by atoms with Crippen LogP contribution in [0.15, 0.2) is 84.9 Å². The average molecular weight is 498 g/mol. The van der Waals surface area contributed by atoms with Gasteiger partial charge in [0.1, 0.15) is 6.04 Å². The quantitative estimate of drug-likeness (QED) is 0.408. The third-order valence-electron chi connectivity index (χ3n) is 6.47. The molecule has 4 amide bonds. The molecular weight excluding hydrogens is 466 g/mol. The molecule has 1 aliphatic rings. The Balaban J connectivity index is 1.51. The summed E-state index contributed by atoms with van der Waals surface area (Å²) in [6.07, 6.45) is 0.789. The zero-order valence-electron chi connectivity index (χ0n) is 20.9. The van der Waals surface area contributed by atoms with Crippen molar-refractivity contribution >= 4 is 23.6 Å². The predicted molar refractivity (Wildman–Crippen MR) is 141 cm³/mol. The highest BCUT2D eigenvalue weighted by atomic mass is 16.2. The van der Waals surface area contributed by atoms with Gasteiger partial charge in [-0.25, -0.2) is 0 Å². The minimum atomic E-state index is -0.700. The summed E-state index contributed by atoms with van der Waals surface area (Å²) in [4.78, 5) is 55.0. The first kappa shape index (κ1) is 25.8. The van der Waals surface area contributed by atoms with E-state index in [2.05, 4.69) is 5.32 Å². The van der Waals surface area contributed by atoms with Crippen LogP contribution in [-0.2, 0) is 22.6 Å². The molecule has 7 nitrogen and oxygen atoms in total. The number of carbonyl (C=O) groups excluding carboxylic acids is 4. The number of hydrogen-bond acceptors (Lipinski definition) is 4. The first-order valence-electron chi connectivity index (χ1n) is 12.6. The van der Waals surface area contributed by atoms with Crippen LogP contribution < -0.4 is 5.32 Å². The molecule has 0 aromatic heterocycles. The Morgan fingerprint density at radius 1 is 0.811 bits per heavy atom. The molecule has 3 aromatic rings. The first-order chi connectivity index (χ1) is 18.0. The molecule has 0 spiro atoms. The van der Waals surface area contributed by atoms with E-state index in [-0.39, 0.29) is 43.1 Å². The molecule has 1 heterocycles. The number of rotatable bonds is 11. The Labute approximate surface area is 217 Å². The van der Waals surface area contributed by atoms with Crippen LogP contribution in [0.3, 0.4) is 0 Å². The first-order valence-corrected chi connectivity index (χ1v) is 12.6. The Morgan fingerprint density at radius 3 is 1.92 bits per heavy atom. The summed E-state index contributed by atoms with van der Waals surface area (Å²) in [5, 5.41) is 2.88. The molecule has 0 radical (unpaired) electrons. The average Bonchev–Trinajstić information content (AvgIpc) is 3.17. The second-order valence-electron chi connectivity index (χ2n) is 9.02. The van der Waals surface area contributed by atoms with Crippen molar-refractivity contribution in [1.82, 2.24) is 15.1 Å². The largest absolute Gasteiger partial charge is 0.355 e. The van der Waals surface area contributed by atoms with E-state index in [1.165, 1.54) is 4.90 Å². The van der Waals surface area contributed by atoms with E-state index >= 15 is 0 Å². The molecule has 0 unspecified atom stereocenters. The summed E-state index contributed by atoms with van der Waals surface area (Å²) in [5.41, 5.74) is 2.65. The number of carbonyl (C=O) groups is 4. The highest BCUT2D eigenvalue weighted by Gasteiger charge is 2.35. The van der Waals surface area contributed by atoms with Crippen LogP contribution in [0.2, 0.25) is 0 Å². The minimum absolute atomic E-state index is 0.102. The molecule has 3 aromatic carbocycles. The molecule has 0 aliphatic carbocycles. The zero-order chi connectivity index (χ0) is 26.2. The maximum absolute atomic E-state index is 13.6. The number of amides is 4. The van der Waals surface area contributed by atoms with E-state index in [0.717, 1.165) is 11.1 Å². The van der Waals surface area contributed by atoms with Crippen molar-refractivity contribution in [3.8, 4) is 0 Å². The second-order valence-corrected chi connectivity index (χ2v) is 9.02. The summed E-state index contributed by atoms with van der Waals surface area (Å²) in [5.74, 6) is -1.08. The molecule has 0 saturated carbocycles. The fourth-order valence-corrected chi connectivity index (χ4v) is 4.60. The maximum Gasteiger partial charge on any atom is 0.261 e. The van der Waals surface area contributed by atoms with Crippen molar-refractivity contribution in [2.75, 3.05) is 13.1 Å². The van der Waals surface area contributed by atoms with Crippen molar-refractivity contribution in [2.45, 2.75) is 38.8 Å². The fourth-order valence-electron chi connectivity index (χ4n) is 4.60. The summed E-state index contributed by atoms with van der Waals surface area (Å²) in [6.45, 7) is 2.73. The molecule has 0 saturated heterocycles. The third-order valence-corrected chi connectivity index (χ3v) is 6.47. The van der Waals surface area contributed by atoms with Gasteiger partial charge in [-0.05, 0) is 36.6 Å².